The van der Waals surface area contributed by atoms with E-state index in [9.17, 15) is 4.79 Å². The summed E-state index contributed by atoms with van der Waals surface area (Å²) in [5, 5.41) is 10.5. The number of benzene rings is 2. The molecule has 0 aliphatic carbocycles. The van der Waals surface area contributed by atoms with Crippen molar-refractivity contribution in [2.24, 2.45) is 5.73 Å². The van der Waals surface area contributed by atoms with Crippen LogP contribution in [0.1, 0.15) is 17.2 Å². The van der Waals surface area contributed by atoms with Gasteiger partial charge in [-0.25, -0.2) is 4.79 Å². The highest BCUT2D eigenvalue weighted by Gasteiger charge is 2.23. The van der Waals surface area contributed by atoms with Crippen LogP contribution in [0.2, 0.25) is 0 Å². The summed E-state index contributed by atoms with van der Waals surface area (Å²) < 4.78 is 15.4. The van der Waals surface area contributed by atoms with E-state index < -0.39 is 12.0 Å². The maximum absolute atomic E-state index is 12.3. The fraction of sp³-hybridized carbons (Fsp3) is 0.222. The number of methoxy groups -OCH3 is 3. The number of nitrogen functional groups attached to an aromatic ring is 1. The Morgan fingerprint density at radius 2 is 1.60 bits per heavy atom. The summed E-state index contributed by atoms with van der Waals surface area (Å²) in [6.45, 7) is 0. The van der Waals surface area contributed by atoms with E-state index in [0.29, 0.717) is 28.3 Å². The number of carbonyl (C=O) groups excluding carboxylic acids is 1. The molecule has 4 N–H and O–H groups in total. The van der Waals surface area contributed by atoms with Crippen LogP contribution < -0.4 is 20.5 Å². The first-order valence-electron chi connectivity index (χ1n) is 7.50. The molecular formula is C18H21N3O4. The molecular weight excluding hydrogens is 322 g/mol. The second-order valence-electron chi connectivity index (χ2n) is 5.24. The molecule has 0 heterocycles. The average molecular weight is 343 g/mol. The number of nitrogens with one attached hydrogen (secondary N) is 2. The topological polar surface area (TPSA) is 107 Å². The minimum Gasteiger partial charge on any atom is -0.497 e. The van der Waals surface area contributed by atoms with Crippen LogP contribution in [0, 0.1) is 5.41 Å². The Balaban J connectivity index is 2.36. The molecule has 0 aliphatic rings. The van der Waals surface area contributed by atoms with Gasteiger partial charge >= 0.3 is 5.97 Å². The molecule has 0 radical (unpaired) electrons. The zero-order valence-electron chi connectivity index (χ0n) is 14.3. The first-order chi connectivity index (χ1) is 12.0. The third kappa shape index (κ3) is 4.41. The Hall–Kier alpha value is -3.22. The Kier molecular flexibility index (Phi) is 5.84. The molecule has 0 aromatic heterocycles. The molecule has 132 valence electrons. The van der Waals surface area contributed by atoms with Gasteiger partial charge in [0.1, 0.15) is 17.3 Å². The Bertz CT molecular complexity index is 737. The highest BCUT2D eigenvalue weighted by atomic mass is 16.5. The number of amidine groups is 1. The van der Waals surface area contributed by atoms with Crippen molar-refractivity contribution in [1.29, 1.82) is 5.41 Å². The summed E-state index contributed by atoms with van der Waals surface area (Å²) in [4.78, 5) is 12.3. The standard InChI is InChI=1S/C18H21N3O4/c1-23-14-8-12(9-15(10-14)24-2)16(18(22)25-3)21-13-6-4-11(5-7-13)17(19)20/h4-10,16,21H,1-3H3,(H3,19,20). The lowest BCUT2D eigenvalue weighted by Crippen LogP contribution is -2.22. The third-order valence-corrected chi connectivity index (χ3v) is 3.65. The Labute approximate surface area is 146 Å². The number of carbonyl (C=O) groups is 1. The predicted molar refractivity (Wildman–Crippen MR) is 95.4 cm³/mol. The van der Waals surface area contributed by atoms with Gasteiger partial charge < -0.3 is 25.3 Å². The lowest BCUT2D eigenvalue weighted by molar-refractivity contribution is -0.141. The van der Waals surface area contributed by atoms with E-state index in [1.54, 1.807) is 56.7 Å². The molecule has 0 amide bonds. The summed E-state index contributed by atoms with van der Waals surface area (Å²) in [5.41, 5.74) is 7.37. The third-order valence-electron chi connectivity index (χ3n) is 3.65. The largest absolute Gasteiger partial charge is 0.497 e. The quantitative estimate of drug-likeness (QED) is 0.405. The molecule has 0 saturated heterocycles. The van der Waals surface area contributed by atoms with Crippen molar-refractivity contribution in [3.05, 3.63) is 53.6 Å². The number of hydrogen-bond acceptors (Lipinski definition) is 6. The van der Waals surface area contributed by atoms with E-state index in [-0.39, 0.29) is 5.84 Å². The SMILES string of the molecule is COC(=O)C(Nc1ccc(C(=N)N)cc1)c1cc(OC)cc(OC)c1. The molecule has 0 spiro atoms. The van der Waals surface area contributed by atoms with Crippen molar-refractivity contribution in [2.75, 3.05) is 26.6 Å². The molecule has 1 unspecified atom stereocenters. The molecule has 7 heteroatoms. The van der Waals surface area contributed by atoms with Gasteiger partial charge in [0.25, 0.3) is 0 Å². The second-order valence-corrected chi connectivity index (χ2v) is 5.24. The number of esters is 1. The Morgan fingerprint density at radius 1 is 1.04 bits per heavy atom. The van der Waals surface area contributed by atoms with Crippen molar-refractivity contribution in [3.63, 3.8) is 0 Å². The predicted octanol–water partition coefficient (Wildman–Crippen LogP) is 2.31. The Morgan fingerprint density at radius 3 is 2.04 bits per heavy atom. The van der Waals surface area contributed by atoms with Gasteiger partial charge in [0.05, 0.1) is 21.3 Å². The lowest BCUT2D eigenvalue weighted by Gasteiger charge is -2.19. The molecule has 0 bridgehead atoms. The molecule has 25 heavy (non-hydrogen) atoms. The van der Waals surface area contributed by atoms with Crippen molar-refractivity contribution >= 4 is 17.5 Å². The van der Waals surface area contributed by atoms with Gasteiger partial charge in [-0.2, -0.15) is 0 Å². The van der Waals surface area contributed by atoms with E-state index >= 15 is 0 Å². The van der Waals surface area contributed by atoms with E-state index in [0.717, 1.165) is 0 Å². The summed E-state index contributed by atoms with van der Waals surface area (Å²) in [7, 11) is 4.41. The van der Waals surface area contributed by atoms with Crippen LogP contribution >= 0.6 is 0 Å². The maximum atomic E-state index is 12.3. The van der Waals surface area contributed by atoms with E-state index in [2.05, 4.69) is 5.32 Å². The van der Waals surface area contributed by atoms with Crippen molar-refractivity contribution in [2.45, 2.75) is 6.04 Å². The van der Waals surface area contributed by atoms with Crippen LogP contribution in [-0.2, 0) is 9.53 Å². The van der Waals surface area contributed by atoms with Crippen LogP contribution in [0.3, 0.4) is 0 Å². The normalized spacial score (nSPS) is 11.3. The molecule has 2 aromatic carbocycles. The van der Waals surface area contributed by atoms with Gasteiger partial charge in [-0.15, -0.1) is 0 Å². The van der Waals surface area contributed by atoms with Gasteiger partial charge in [-0.1, -0.05) is 0 Å². The van der Waals surface area contributed by atoms with Crippen molar-refractivity contribution in [1.82, 2.24) is 0 Å². The van der Waals surface area contributed by atoms with Crippen LogP contribution in [0.4, 0.5) is 5.69 Å². The fourth-order valence-electron chi connectivity index (χ4n) is 2.30. The zero-order valence-corrected chi connectivity index (χ0v) is 14.3. The van der Waals surface area contributed by atoms with Gasteiger partial charge in [0, 0.05) is 17.3 Å². The number of anilines is 1. The zero-order chi connectivity index (χ0) is 18.4. The van der Waals surface area contributed by atoms with Crippen LogP contribution in [0.25, 0.3) is 0 Å². The number of rotatable bonds is 7. The highest BCUT2D eigenvalue weighted by Crippen LogP contribution is 2.29. The first kappa shape index (κ1) is 18.1. The van der Waals surface area contributed by atoms with E-state index in [1.807, 2.05) is 0 Å². The number of hydrogen-bond donors (Lipinski definition) is 3. The van der Waals surface area contributed by atoms with Gasteiger partial charge in [-0.3, -0.25) is 5.41 Å². The highest BCUT2D eigenvalue weighted by molar-refractivity contribution is 5.95. The molecule has 2 aromatic rings. The number of nitrogens with two attached hydrogens (primary N) is 1. The van der Waals surface area contributed by atoms with E-state index in [4.69, 9.17) is 25.4 Å². The first-order valence-corrected chi connectivity index (χ1v) is 7.50. The average Bonchev–Trinajstić information content (AvgIpc) is 2.65. The molecule has 0 fully saturated rings. The van der Waals surface area contributed by atoms with Crippen molar-refractivity contribution in [3.8, 4) is 11.5 Å². The second kappa shape index (κ2) is 8.05. The fourth-order valence-corrected chi connectivity index (χ4v) is 2.30. The van der Waals surface area contributed by atoms with Crippen LogP contribution in [0.5, 0.6) is 11.5 Å². The minimum atomic E-state index is -0.753. The monoisotopic (exact) mass is 343 g/mol. The minimum absolute atomic E-state index is 0.0198. The van der Waals surface area contributed by atoms with Crippen molar-refractivity contribution < 1.29 is 19.0 Å². The van der Waals surface area contributed by atoms with Crippen LogP contribution in [0.15, 0.2) is 42.5 Å². The van der Waals surface area contributed by atoms with Gasteiger partial charge in [0.15, 0.2) is 6.04 Å². The van der Waals surface area contributed by atoms with E-state index in [1.165, 1.54) is 7.11 Å². The molecule has 2 rings (SSSR count). The summed E-state index contributed by atoms with van der Waals surface area (Å²) in [6.07, 6.45) is 0. The lowest BCUT2D eigenvalue weighted by atomic mass is 10.1. The number of ether oxygens (including phenoxy) is 3. The van der Waals surface area contributed by atoms with Gasteiger partial charge in [0.2, 0.25) is 0 Å². The molecule has 7 nitrogen and oxygen atoms in total. The van der Waals surface area contributed by atoms with Crippen LogP contribution in [-0.4, -0.2) is 33.1 Å². The summed E-state index contributed by atoms with van der Waals surface area (Å²) >= 11 is 0. The molecule has 0 saturated carbocycles. The summed E-state index contributed by atoms with van der Waals surface area (Å²) in [6, 6.07) is 11.3. The smallest absolute Gasteiger partial charge is 0.332 e. The molecule has 1 atom stereocenters. The maximum Gasteiger partial charge on any atom is 0.332 e. The summed E-state index contributed by atoms with van der Waals surface area (Å²) in [5.74, 6) is 0.661. The molecule has 0 aliphatic heterocycles. The van der Waals surface area contributed by atoms with Gasteiger partial charge in [-0.05, 0) is 42.0 Å².